The second kappa shape index (κ2) is 5.91. The largest absolute Gasteiger partial charge is 0.349 e. The number of thiol groups is 1. The molecule has 2 nitrogen and oxygen atoms in total. The molecule has 0 radical (unpaired) electrons. The lowest BCUT2D eigenvalue weighted by molar-refractivity contribution is 0.0925. The monoisotopic (exact) mass is 269 g/mol. The van der Waals surface area contributed by atoms with Crippen molar-refractivity contribution >= 4 is 29.9 Å². The average molecular weight is 269 g/mol. The summed E-state index contributed by atoms with van der Waals surface area (Å²) in [4.78, 5) is 13.6. The molecular formula is C13H19NOS2. The van der Waals surface area contributed by atoms with Gasteiger partial charge in [-0.15, -0.1) is 24.0 Å². The molecule has 2 rings (SSSR count). The molecule has 1 saturated carbocycles. The Labute approximate surface area is 112 Å². The molecule has 0 saturated heterocycles. The Morgan fingerprint density at radius 1 is 1.47 bits per heavy atom. The Kier molecular flexibility index (Phi) is 4.51. The fourth-order valence-electron chi connectivity index (χ4n) is 2.42. The van der Waals surface area contributed by atoms with E-state index in [0.717, 1.165) is 28.5 Å². The van der Waals surface area contributed by atoms with Crippen LogP contribution in [-0.4, -0.2) is 11.9 Å². The van der Waals surface area contributed by atoms with E-state index in [1.165, 1.54) is 30.6 Å². The number of amides is 1. The normalized spacial score (nSPS) is 24.6. The van der Waals surface area contributed by atoms with Crippen LogP contribution in [0.1, 0.15) is 48.7 Å². The molecule has 1 aromatic heterocycles. The van der Waals surface area contributed by atoms with E-state index in [0.29, 0.717) is 6.04 Å². The van der Waals surface area contributed by atoms with Crippen LogP contribution in [0.5, 0.6) is 0 Å². The van der Waals surface area contributed by atoms with E-state index in [1.54, 1.807) is 0 Å². The summed E-state index contributed by atoms with van der Waals surface area (Å²) in [7, 11) is 0. The van der Waals surface area contributed by atoms with Crippen LogP contribution in [0.3, 0.4) is 0 Å². The molecule has 0 atom stereocenters. The Hall–Kier alpha value is -0.480. The molecule has 0 spiro atoms. The van der Waals surface area contributed by atoms with Gasteiger partial charge in [0.2, 0.25) is 0 Å². The molecule has 1 N–H and O–H groups in total. The van der Waals surface area contributed by atoms with Gasteiger partial charge in [0, 0.05) is 16.3 Å². The lowest BCUT2D eigenvalue weighted by atomic mass is 9.84. The van der Waals surface area contributed by atoms with E-state index in [1.807, 2.05) is 11.4 Å². The van der Waals surface area contributed by atoms with Crippen LogP contribution in [0.2, 0.25) is 0 Å². The molecule has 1 fully saturated rings. The third-order valence-electron chi connectivity index (χ3n) is 3.57. The minimum absolute atomic E-state index is 0.0650. The highest BCUT2D eigenvalue weighted by atomic mass is 32.1. The quantitative estimate of drug-likeness (QED) is 0.804. The molecule has 94 valence electrons. The maximum absolute atomic E-state index is 11.9. The smallest absolute Gasteiger partial charge is 0.261 e. The first-order valence-electron chi connectivity index (χ1n) is 6.27. The summed E-state index contributed by atoms with van der Waals surface area (Å²) in [6, 6.07) is 2.21. The lowest BCUT2D eigenvalue weighted by Gasteiger charge is -2.28. The van der Waals surface area contributed by atoms with E-state index in [9.17, 15) is 4.79 Å². The first-order valence-corrected chi connectivity index (χ1v) is 7.60. The van der Waals surface area contributed by atoms with Crippen molar-refractivity contribution in [1.82, 2.24) is 5.32 Å². The summed E-state index contributed by atoms with van der Waals surface area (Å²) in [5.41, 5.74) is 0. The van der Waals surface area contributed by atoms with E-state index in [2.05, 4.69) is 24.9 Å². The minimum Gasteiger partial charge on any atom is -0.349 e. The van der Waals surface area contributed by atoms with Crippen LogP contribution >= 0.6 is 24.0 Å². The van der Waals surface area contributed by atoms with Crippen LogP contribution in [0.25, 0.3) is 0 Å². The number of thiophene rings is 1. The van der Waals surface area contributed by atoms with E-state index in [4.69, 9.17) is 0 Å². The number of carbonyl (C=O) groups is 1. The van der Waals surface area contributed by atoms with Gasteiger partial charge in [-0.2, -0.15) is 0 Å². The molecule has 0 aromatic carbocycles. The van der Waals surface area contributed by atoms with Gasteiger partial charge >= 0.3 is 0 Å². The Bertz CT molecular complexity index is 381. The van der Waals surface area contributed by atoms with Crippen molar-refractivity contribution in [2.24, 2.45) is 5.92 Å². The zero-order valence-electron chi connectivity index (χ0n) is 10.1. The summed E-state index contributed by atoms with van der Waals surface area (Å²) in [6.45, 7) is 2.25. The number of carbonyl (C=O) groups excluding carboxylic acids is 1. The first kappa shape index (κ1) is 13.0. The summed E-state index contributed by atoms with van der Waals surface area (Å²) in [6.07, 6.45) is 6.04. The third kappa shape index (κ3) is 3.49. The summed E-state index contributed by atoms with van der Waals surface area (Å²) in [5, 5.41) is 5.03. The minimum atomic E-state index is 0.0650. The summed E-state index contributed by atoms with van der Waals surface area (Å²) < 4.78 is 0. The van der Waals surface area contributed by atoms with Gasteiger partial charge in [0.05, 0.1) is 4.88 Å². The van der Waals surface area contributed by atoms with Gasteiger partial charge in [-0.3, -0.25) is 4.79 Å². The SMILES string of the molecule is CCC1CCC(NC(=O)c2cc(S)cs2)CC1. The fourth-order valence-corrected chi connectivity index (χ4v) is 3.47. The Morgan fingerprint density at radius 2 is 2.18 bits per heavy atom. The highest BCUT2D eigenvalue weighted by molar-refractivity contribution is 7.80. The first-order chi connectivity index (χ1) is 8.19. The molecule has 1 heterocycles. The molecular weight excluding hydrogens is 250 g/mol. The van der Waals surface area contributed by atoms with Gasteiger partial charge in [0.25, 0.3) is 5.91 Å². The highest BCUT2D eigenvalue weighted by Gasteiger charge is 2.22. The van der Waals surface area contributed by atoms with Gasteiger partial charge in [-0.05, 0) is 37.7 Å². The molecule has 0 bridgehead atoms. The van der Waals surface area contributed by atoms with Gasteiger partial charge in [-0.1, -0.05) is 13.3 Å². The van der Waals surface area contributed by atoms with E-state index < -0.39 is 0 Å². The predicted octanol–water partition coefficient (Wildman–Crippen LogP) is 3.74. The Balaban J connectivity index is 1.84. The Morgan fingerprint density at radius 3 is 2.71 bits per heavy atom. The molecule has 4 heteroatoms. The second-order valence-corrected chi connectivity index (χ2v) is 6.20. The van der Waals surface area contributed by atoms with E-state index in [-0.39, 0.29) is 5.91 Å². The van der Waals surface area contributed by atoms with Gasteiger partial charge in [-0.25, -0.2) is 0 Å². The van der Waals surface area contributed by atoms with Crippen LogP contribution in [0.4, 0.5) is 0 Å². The van der Waals surface area contributed by atoms with Crippen LogP contribution in [0.15, 0.2) is 16.3 Å². The maximum Gasteiger partial charge on any atom is 0.261 e. The van der Waals surface area contributed by atoms with Crippen molar-refractivity contribution in [3.63, 3.8) is 0 Å². The second-order valence-electron chi connectivity index (χ2n) is 4.77. The summed E-state index contributed by atoms with van der Waals surface area (Å²) >= 11 is 5.68. The molecule has 1 amide bonds. The van der Waals surface area contributed by atoms with Crippen molar-refractivity contribution in [2.45, 2.75) is 50.0 Å². The zero-order valence-corrected chi connectivity index (χ0v) is 11.8. The van der Waals surface area contributed by atoms with Crippen molar-refractivity contribution in [3.8, 4) is 0 Å². The highest BCUT2D eigenvalue weighted by Crippen LogP contribution is 2.27. The predicted molar refractivity (Wildman–Crippen MR) is 75.1 cm³/mol. The summed E-state index contributed by atoms with van der Waals surface area (Å²) in [5.74, 6) is 0.934. The number of hydrogen-bond donors (Lipinski definition) is 2. The van der Waals surface area contributed by atoms with Gasteiger partial charge in [0.15, 0.2) is 0 Å². The van der Waals surface area contributed by atoms with Crippen molar-refractivity contribution in [1.29, 1.82) is 0 Å². The standard InChI is InChI=1S/C13H19NOS2/c1-2-9-3-5-10(6-4-9)14-13(15)12-7-11(16)8-17-12/h7-10,16H,2-6H2,1H3,(H,14,15). The maximum atomic E-state index is 11.9. The number of nitrogens with one attached hydrogen (secondary N) is 1. The van der Waals surface area contributed by atoms with Crippen molar-refractivity contribution in [2.75, 3.05) is 0 Å². The van der Waals surface area contributed by atoms with Crippen LogP contribution in [-0.2, 0) is 0 Å². The average Bonchev–Trinajstić information content (AvgIpc) is 2.77. The number of hydrogen-bond acceptors (Lipinski definition) is 3. The van der Waals surface area contributed by atoms with Crippen LogP contribution in [0, 0.1) is 5.92 Å². The van der Waals surface area contributed by atoms with Gasteiger partial charge in [0.1, 0.15) is 0 Å². The molecule has 1 aliphatic carbocycles. The fraction of sp³-hybridized carbons (Fsp3) is 0.615. The third-order valence-corrected chi connectivity index (χ3v) is 4.93. The topological polar surface area (TPSA) is 29.1 Å². The zero-order chi connectivity index (χ0) is 12.3. The number of rotatable bonds is 3. The van der Waals surface area contributed by atoms with Gasteiger partial charge < -0.3 is 5.32 Å². The van der Waals surface area contributed by atoms with E-state index >= 15 is 0 Å². The molecule has 1 aliphatic rings. The molecule has 0 unspecified atom stereocenters. The molecule has 0 aliphatic heterocycles. The molecule has 1 aromatic rings. The van der Waals surface area contributed by atoms with Crippen molar-refractivity contribution < 1.29 is 4.79 Å². The van der Waals surface area contributed by atoms with Crippen LogP contribution < -0.4 is 5.32 Å². The van der Waals surface area contributed by atoms with Crippen molar-refractivity contribution in [3.05, 3.63) is 16.3 Å². The molecule has 17 heavy (non-hydrogen) atoms. The lowest BCUT2D eigenvalue weighted by Crippen LogP contribution is -2.37.